The molecule has 4 heteroatoms. The van der Waals surface area contributed by atoms with Gasteiger partial charge in [-0.3, -0.25) is 4.79 Å². The minimum Gasteiger partial charge on any atom is -0.493 e. The van der Waals surface area contributed by atoms with E-state index in [1.165, 1.54) is 32.6 Å². The van der Waals surface area contributed by atoms with Gasteiger partial charge in [-0.05, 0) is 48.4 Å². The number of ether oxygens (including phenoxy) is 1. The Bertz CT molecular complexity index is 860. The molecule has 0 aliphatic heterocycles. The molecule has 1 fully saturated rings. The highest BCUT2D eigenvalue weighted by Crippen LogP contribution is 2.38. The Hall–Kier alpha value is -2.33. The van der Waals surface area contributed by atoms with Crippen LogP contribution in [0.2, 0.25) is 0 Å². The van der Waals surface area contributed by atoms with Crippen molar-refractivity contribution in [3.63, 3.8) is 0 Å². The molecule has 0 saturated heterocycles. The van der Waals surface area contributed by atoms with Crippen LogP contribution in [0.25, 0.3) is 0 Å². The number of amides is 1. The number of hydrogen-bond donors (Lipinski definition) is 2. The van der Waals surface area contributed by atoms with Crippen molar-refractivity contribution >= 4 is 5.91 Å². The average Bonchev–Trinajstić information content (AvgIpc) is 3.17. The van der Waals surface area contributed by atoms with Gasteiger partial charge in [-0.2, -0.15) is 0 Å². The van der Waals surface area contributed by atoms with E-state index in [4.69, 9.17) is 4.74 Å². The van der Waals surface area contributed by atoms with Crippen molar-refractivity contribution in [3.8, 4) is 5.75 Å². The summed E-state index contributed by atoms with van der Waals surface area (Å²) in [6.07, 6.45) is 5.03. The number of carbonyl (C=O) groups is 1. The molecule has 2 aromatic carbocycles. The van der Waals surface area contributed by atoms with Crippen LogP contribution in [-0.2, 0) is 10.4 Å². The summed E-state index contributed by atoms with van der Waals surface area (Å²) < 4.78 is 6.08. The zero-order chi connectivity index (χ0) is 22.7. The van der Waals surface area contributed by atoms with E-state index >= 15 is 0 Å². The highest BCUT2D eigenvalue weighted by Gasteiger charge is 2.37. The van der Waals surface area contributed by atoms with E-state index in [0.29, 0.717) is 5.56 Å². The Morgan fingerprint density at radius 2 is 1.61 bits per heavy atom. The maximum absolute atomic E-state index is 13.1. The van der Waals surface area contributed by atoms with Crippen LogP contribution < -0.4 is 10.1 Å². The lowest BCUT2D eigenvalue weighted by Gasteiger charge is -2.35. The van der Waals surface area contributed by atoms with E-state index in [2.05, 4.69) is 33.0 Å². The predicted molar refractivity (Wildman–Crippen MR) is 125 cm³/mol. The second-order valence-corrected chi connectivity index (χ2v) is 10.6. The summed E-state index contributed by atoms with van der Waals surface area (Å²) in [6, 6.07) is 16.8. The van der Waals surface area contributed by atoms with E-state index < -0.39 is 11.5 Å². The van der Waals surface area contributed by atoms with E-state index in [0.717, 1.165) is 17.9 Å². The van der Waals surface area contributed by atoms with Crippen molar-refractivity contribution < 1.29 is 14.6 Å². The fraction of sp³-hybridized carbons (Fsp3) is 0.519. The third-order valence-corrected chi connectivity index (χ3v) is 6.53. The molecule has 0 aromatic heterocycles. The lowest BCUT2D eigenvalue weighted by molar-refractivity contribution is -0.140. The smallest absolute Gasteiger partial charge is 0.256 e. The predicted octanol–water partition coefficient (Wildman–Crippen LogP) is 5.76. The van der Waals surface area contributed by atoms with Crippen molar-refractivity contribution in [2.45, 2.75) is 71.9 Å². The molecule has 1 saturated carbocycles. The van der Waals surface area contributed by atoms with Crippen LogP contribution in [0.4, 0.5) is 0 Å². The highest BCUT2D eigenvalue weighted by atomic mass is 16.5. The number of hydrogen-bond acceptors (Lipinski definition) is 3. The zero-order valence-corrected chi connectivity index (χ0v) is 19.6. The van der Waals surface area contributed by atoms with Gasteiger partial charge in [0.2, 0.25) is 0 Å². The van der Waals surface area contributed by atoms with Crippen LogP contribution in [0, 0.1) is 10.8 Å². The molecule has 31 heavy (non-hydrogen) atoms. The van der Waals surface area contributed by atoms with Gasteiger partial charge in [0, 0.05) is 5.41 Å². The number of benzene rings is 2. The molecule has 0 heterocycles. The normalized spacial score (nSPS) is 18.8. The second-order valence-electron chi connectivity index (χ2n) is 10.6. The summed E-state index contributed by atoms with van der Waals surface area (Å²) in [7, 11) is 0. The van der Waals surface area contributed by atoms with Gasteiger partial charge >= 0.3 is 0 Å². The molecule has 0 spiro atoms. The molecular weight excluding hydrogens is 386 g/mol. The van der Waals surface area contributed by atoms with E-state index in [9.17, 15) is 9.90 Å². The van der Waals surface area contributed by atoms with E-state index in [-0.39, 0.29) is 16.9 Å². The molecule has 4 nitrogen and oxygen atoms in total. The fourth-order valence-corrected chi connectivity index (χ4v) is 4.35. The van der Waals surface area contributed by atoms with Crippen LogP contribution >= 0.6 is 0 Å². The van der Waals surface area contributed by atoms with Crippen molar-refractivity contribution in [3.05, 3.63) is 65.7 Å². The summed E-state index contributed by atoms with van der Waals surface area (Å²) in [5.41, 5.74) is 0.00413. The average molecular weight is 424 g/mol. The largest absolute Gasteiger partial charge is 0.493 e. The molecule has 0 unspecified atom stereocenters. The molecule has 1 aliphatic rings. The van der Waals surface area contributed by atoms with E-state index in [1.807, 2.05) is 42.5 Å². The zero-order valence-electron chi connectivity index (χ0n) is 19.6. The van der Waals surface area contributed by atoms with Gasteiger partial charge in [0.25, 0.3) is 5.91 Å². The summed E-state index contributed by atoms with van der Waals surface area (Å²) in [5, 5.41) is 14.0. The topological polar surface area (TPSA) is 58.6 Å². The molecule has 0 bridgehead atoms. The van der Waals surface area contributed by atoms with Gasteiger partial charge in [-0.1, -0.05) is 83.0 Å². The van der Waals surface area contributed by atoms with Gasteiger partial charge in [0.15, 0.2) is 5.60 Å². The summed E-state index contributed by atoms with van der Waals surface area (Å²) >= 11 is 0. The quantitative estimate of drug-likeness (QED) is 0.595. The molecule has 1 amide bonds. The number of aliphatic hydroxyl groups is 1. The maximum atomic E-state index is 13.1. The monoisotopic (exact) mass is 423 g/mol. The lowest BCUT2D eigenvalue weighted by Crippen LogP contribution is -2.46. The van der Waals surface area contributed by atoms with Gasteiger partial charge in [0.05, 0.1) is 12.6 Å². The summed E-state index contributed by atoms with van der Waals surface area (Å²) in [6.45, 7) is 10.8. The van der Waals surface area contributed by atoms with Crippen LogP contribution in [-0.4, -0.2) is 17.6 Å². The van der Waals surface area contributed by atoms with Crippen molar-refractivity contribution in [1.29, 1.82) is 0 Å². The standard InChI is InChI=1S/C27H37NO3/c1-25(2,3)23(28-24(29)27(5,30)21-11-7-6-8-12-21)20-13-15-22(16-14-20)31-19-26(4)17-9-10-18-26/h6-8,11-16,23,30H,9-10,17-19H2,1-5H3,(H,28,29)/t23-,27-/m1/s1. The molecule has 2 N–H and O–H groups in total. The lowest BCUT2D eigenvalue weighted by atomic mass is 9.81. The minimum absolute atomic E-state index is 0.234. The second kappa shape index (κ2) is 9.04. The highest BCUT2D eigenvalue weighted by molar-refractivity contribution is 5.86. The molecule has 168 valence electrons. The first-order valence-electron chi connectivity index (χ1n) is 11.3. The van der Waals surface area contributed by atoms with Gasteiger partial charge < -0.3 is 15.2 Å². The molecule has 2 aromatic rings. The molecule has 2 atom stereocenters. The van der Waals surface area contributed by atoms with Gasteiger partial charge in [0.1, 0.15) is 5.75 Å². The molecule has 0 radical (unpaired) electrons. The van der Waals surface area contributed by atoms with Crippen LogP contribution in [0.15, 0.2) is 54.6 Å². The SMILES string of the molecule is CC1(COc2ccc([C@@H](NC(=O)[C@](C)(O)c3ccccc3)C(C)(C)C)cc2)CCCC1. The summed E-state index contributed by atoms with van der Waals surface area (Å²) in [4.78, 5) is 13.1. The third-order valence-electron chi connectivity index (χ3n) is 6.53. The molecular formula is C27H37NO3. The number of carbonyl (C=O) groups excluding carboxylic acids is 1. The Balaban J connectivity index is 1.73. The first-order chi connectivity index (χ1) is 14.5. The number of nitrogens with one attached hydrogen (secondary N) is 1. The van der Waals surface area contributed by atoms with Crippen LogP contribution in [0.1, 0.15) is 77.5 Å². The van der Waals surface area contributed by atoms with E-state index in [1.54, 1.807) is 12.1 Å². The van der Waals surface area contributed by atoms with Crippen molar-refractivity contribution in [1.82, 2.24) is 5.32 Å². The Morgan fingerprint density at radius 1 is 1.03 bits per heavy atom. The Morgan fingerprint density at radius 3 is 2.16 bits per heavy atom. The van der Waals surface area contributed by atoms with Crippen LogP contribution in [0.5, 0.6) is 5.75 Å². The van der Waals surface area contributed by atoms with Gasteiger partial charge in [-0.15, -0.1) is 0 Å². The Labute approximate surface area is 187 Å². The molecule has 3 rings (SSSR count). The first-order valence-corrected chi connectivity index (χ1v) is 11.3. The minimum atomic E-state index is -1.61. The molecule has 1 aliphatic carbocycles. The number of rotatable bonds is 7. The fourth-order valence-electron chi connectivity index (χ4n) is 4.35. The Kier molecular flexibility index (Phi) is 6.80. The summed E-state index contributed by atoms with van der Waals surface area (Å²) in [5.74, 6) is 0.445. The third kappa shape index (κ3) is 5.68. The van der Waals surface area contributed by atoms with Crippen LogP contribution in [0.3, 0.4) is 0 Å². The first kappa shape index (κ1) is 23.3. The van der Waals surface area contributed by atoms with Crippen molar-refractivity contribution in [2.75, 3.05) is 6.61 Å². The van der Waals surface area contributed by atoms with Gasteiger partial charge in [-0.25, -0.2) is 0 Å². The van der Waals surface area contributed by atoms with Crippen molar-refractivity contribution in [2.24, 2.45) is 10.8 Å². The maximum Gasteiger partial charge on any atom is 0.256 e.